The molecule has 2 aliphatic heterocycles. The maximum Gasteiger partial charge on any atom is 0.209 e. The van der Waals surface area contributed by atoms with Crippen LogP contribution in [0.5, 0.6) is 0 Å². The Labute approximate surface area is 98.8 Å². The predicted octanol–water partition coefficient (Wildman–Crippen LogP) is 1.73. The minimum Gasteiger partial charge on any atom is -0.345 e. The van der Waals surface area contributed by atoms with E-state index in [0.717, 1.165) is 19.5 Å². The van der Waals surface area contributed by atoms with Crippen molar-refractivity contribution in [3.05, 3.63) is 0 Å². The van der Waals surface area contributed by atoms with Crippen LogP contribution in [-0.2, 0) is 4.79 Å². The number of hydrogen-bond acceptors (Lipinski definition) is 2. The summed E-state index contributed by atoms with van der Waals surface area (Å²) in [5.74, 6) is 0. The summed E-state index contributed by atoms with van der Waals surface area (Å²) in [6.07, 6.45) is 6.11. The molecule has 3 heteroatoms. The highest BCUT2D eigenvalue weighted by Crippen LogP contribution is 2.41. The summed E-state index contributed by atoms with van der Waals surface area (Å²) >= 11 is 0. The van der Waals surface area contributed by atoms with E-state index < -0.39 is 0 Å². The van der Waals surface area contributed by atoms with Gasteiger partial charge in [0.25, 0.3) is 0 Å². The van der Waals surface area contributed by atoms with Gasteiger partial charge in [0.2, 0.25) is 6.41 Å². The summed E-state index contributed by atoms with van der Waals surface area (Å²) in [7, 11) is 0. The highest BCUT2D eigenvalue weighted by molar-refractivity contribution is 5.47. The molecule has 0 atom stereocenters. The average Bonchev–Trinajstić information content (AvgIpc) is 2.31. The summed E-state index contributed by atoms with van der Waals surface area (Å²) in [5.41, 5.74) is 0.560. The molecule has 2 fully saturated rings. The second-order valence-electron chi connectivity index (χ2n) is 5.77. The molecule has 0 aromatic rings. The Morgan fingerprint density at radius 2 is 1.50 bits per heavy atom. The van der Waals surface area contributed by atoms with E-state index in [1.54, 1.807) is 0 Å². The highest BCUT2D eigenvalue weighted by Gasteiger charge is 2.37. The van der Waals surface area contributed by atoms with Crippen LogP contribution >= 0.6 is 0 Å². The van der Waals surface area contributed by atoms with E-state index in [4.69, 9.17) is 0 Å². The molecule has 2 aliphatic rings. The Hall–Kier alpha value is -0.570. The van der Waals surface area contributed by atoms with Crippen LogP contribution in [0.2, 0.25) is 0 Å². The van der Waals surface area contributed by atoms with Crippen molar-refractivity contribution in [2.45, 2.75) is 45.6 Å². The van der Waals surface area contributed by atoms with Gasteiger partial charge in [-0.3, -0.25) is 4.79 Å². The lowest BCUT2D eigenvalue weighted by Crippen LogP contribution is -2.48. The molecule has 2 saturated heterocycles. The zero-order valence-electron chi connectivity index (χ0n) is 10.6. The number of likely N-dealkylation sites (tertiary alicyclic amines) is 2. The van der Waals surface area contributed by atoms with Crippen molar-refractivity contribution in [3.8, 4) is 0 Å². The summed E-state index contributed by atoms with van der Waals surface area (Å²) in [6.45, 7) is 9.02. The molecule has 1 spiro atoms. The number of carbonyl (C=O) groups excluding carboxylic acids is 1. The summed E-state index contributed by atoms with van der Waals surface area (Å²) in [6, 6.07) is 0.687. The first-order chi connectivity index (χ1) is 7.65. The third-order valence-electron chi connectivity index (χ3n) is 4.60. The fourth-order valence-corrected chi connectivity index (χ4v) is 3.12. The molecule has 92 valence electrons. The fraction of sp³-hybridized carbons (Fsp3) is 0.923. The van der Waals surface area contributed by atoms with E-state index in [9.17, 15) is 4.79 Å². The van der Waals surface area contributed by atoms with Crippen molar-refractivity contribution in [3.63, 3.8) is 0 Å². The van der Waals surface area contributed by atoms with Crippen LogP contribution in [0.1, 0.15) is 39.5 Å². The number of nitrogens with zero attached hydrogens (tertiary/aromatic N) is 2. The topological polar surface area (TPSA) is 23.6 Å². The van der Waals surface area contributed by atoms with Gasteiger partial charge in [-0.25, -0.2) is 0 Å². The summed E-state index contributed by atoms with van der Waals surface area (Å²) < 4.78 is 0. The molecule has 2 heterocycles. The largest absolute Gasteiger partial charge is 0.345 e. The van der Waals surface area contributed by atoms with Gasteiger partial charge in [0.05, 0.1) is 0 Å². The van der Waals surface area contributed by atoms with E-state index in [0.29, 0.717) is 11.5 Å². The number of amides is 1. The Bertz CT molecular complexity index is 234. The van der Waals surface area contributed by atoms with E-state index in [1.165, 1.54) is 38.8 Å². The third kappa shape index (κ3) is 2.40. The van der Waals surface area contributed by atoms with Gasteiger partial charge in [0.15, 0.2) is 0 Å². The second-order valence-corrected chi connectivity index (χ2v) is 5.77. The molecule has 0 N–H and O–H groups in total. The first kappa shape index (κ1) is 11.9. The number of piperidine rings is 2. The molecule has 0 aliphatic carbocycles. The van der Waals surface area contributed by atoms with E-state index in [-0.39, 0.29) is 0 Å². The van der Waals surface area contributed by atoms with Crippen LogP contribution < -0.4 is 0 Å². The third-order valence-corrected chi connectivity index (χ3v) is 4.60. The predicted molar refractivity (Wildman–Crippen MR) is 65.2 cm³/mol. The summed E-state index contributed by atoms with van der Waals surface area (Å²) in [4.78, 5) is 15.2. The van der Waals surface area contributed by atoms with Crippen molar-refractivity contribution >= 4 is 6.41 Å². The normalized spacial score (nSPS) is 26.3. The van der Waals surface area contributed by atoms with E-state index in [2.05, 4.69) is 18.7 Å². The lowest BCUT2D eigenvalue weighted by atomic mass is 9.71. The van der Waals surface area contributed by atoms with Crippen LogP contribution in [-0.4, -0.2) is 48.4 Å². The molecule has 3 nitrogen and oxygen atoms in total. The molecule has 0 saturated carbocycles. The molecule has 0 radical (unpaired) electrons. The zero-order valence-corrected chi connectivity index (χ0v) is 10.6. The lowest BCUT2D eigenvalue weighted by molar-refractivity contribution is -0.120. The van der Waals surface area contributed by atoms with Gasteiger partial charge in [0, 0.05) is 19.1 Å². The maximum atomic E-state index is 10.7. The maximum absolute atomic E-state index is 10.7. The smallest absolute Gasteiger partial charge is 0.209 e. The standard InChI is InChI=1S/C13H24N2O/c1-12(2)15-9-5-13(6-10-15)3-7-14(11-16)8-4-13/h11-12H,3-10H2,1-2H3. The van der Waals surface area contributed by atoms with Crippen molar-refractivity contribution in [1.82, 2.24) is 9.80 Å². The Morgan fingerprint density at radius 1 is 1.00 bits per heavy atom. The number of hydrogen-bond donors (Lipinski definition) is 0. The molecule has 16 heavy (non-hydrogen) atoms. The molecule has 0 unspecified atom stereocenters. The Morgan fingerprint density at radius 3 is 1.94 bits per heavy atom. The molecule has 0 aromatic heterocycles. The Kier molecular flexibility index (Phi) is 3.53. The van der Waals surface area contributed by atoms with Gasteiger partial charge < -0.3 is 9.80 Å². The fourth-order valence-electron chi connectivity index (χ4n) is 3.12. The number of rotatable bonds is 2. The molecular formula is C13H24N2O. The number of carbonyl (C=O) groups is 1. The monoisotopic (exact) mass is 224 g/mol. The lowest BCUT2D eigenvalue weighted by Gasteiger charge is -2.47. The van der Waals surface area contributed by atoms with Gasteiger partial charge in [0.1, 0.15) is 0 Å². The minimum atomic E-state index is 0.560. The zero-order chi connectivity index (χ0) is 11.6. The van der Waals surface area contributed by atoms with Gasteiger partial charge >= 0.3 is 0 Å². The van der Waals surface area contributed by atoms with Crippen LogP contribution in [0.15, 0.2) is 0 Å². The molecular weight excluding hydrogens is 200 g/mol. The van der Waals surface area contributed by atoms with Crippen molar-refractivity contribution in [2.24, 2.45) is 5.41 Å². The van der Waals surface area contributed by atoms with Crippen LogP contribution in [0.25, 0.3) is 0 Å². The van der Waals surface area contributed by atoms with Gasteiger partial charge in [-0.15, -0.1) is 0 Å². The molecule has 0 aromatic carbocycles. The first-order valence-corrected chi connectivity index (χ1v) is 6.59. The molecule has 0 bridgehead atoms. The van der Waals surface area contributed by atoms with E-state index in [1.807, 2.05) is 4.90 Å². The second kappa shape index (κ2) is 4.74. The van der Waals surface area contributed by atoms with Crippen molar-refractivity contribution < 1.29 is 4.79 Å². The van der Waals surface area contributed by atoms with Gasteiger partial charge in [-0.1, -0.05) is 0 Å². The van der Waals surface area contributed by atoms with Gasteiger partial charge in [-0.2, -0.15) is 0 Å². The SMILES string of the molecule is CC(C)N1CCC2(CCN(C=O)CC2)CC1. The van der Waals surface area contributed by atoms with E-state index >= 15 is 0 Å². The quantitative estimate of drug-likeness (QED) is 0.667. The average molecular weight is 224 g/mol. The first-order valence-electron chi connectivity index (χ1n) is 6.59. The van der Waals surface area contributed by atoms with Crippen LogP contribution in [0.3, 0.4) is 0 Å². The summed E-state index contributed by atoms with van der Waals surface area (Å²) in [5, 5.41) is 0. The Balaban J connectivity index is 1.86. The highest BCUT2D eigenvalue weighted by atomic mass is 16.1. The minimum absolute atomic E-state index is 0.560. The molecule has 1 amide bonds. The van der Waals surface area contributed by atoms with Crippen molar-refractivity contribution in [1.29, 1.82) is 0 Å². The van der Waals surface area contributed by atoms with Crippen LogP contribution in [0.4, 0.5) is 0 Å². The van der Waals surface area contributed by atoms with Crippen LogP contribution in [0, 0.1) is 5.41 Å². The van der Waals surface area contributed by atoms with Crippen molar-refractivity contribution in [2.75, 3.05) is 26.2 Å². The van der Waals surface area contributed by atoms with Gasteiger partial charge in [-0.05, 0) is 58.0 Å². The molecule has 2 rings (SSSR count).